The third kappa shape index (κ3) is 3.62. The van der Waals surface area contributed by atoms with Gasteiger partial charge in [-0.3, -0.25) is 0 Å². The van der Waals surface area contributed by atoms with E-state index in [2.05, 4.69) is 58.2 Å². The van der Waals surface area contributed by atoms with Crippen LogP contribution in [0.1, 0.15) is 27.2 Å². The Morgan fingerprint density at radius 1 is 1.19 bits per heavy atom. The molecule has 0 radical (unpaired) electrons. The standard InChI is InChI=1S/C21H24ClSi.2ClH.Hf/c1-13-9-17(10-14(13)2)20-15(3)11-16-7-6-8-19(23(4)5)18(12-22)21(16)20;;;/h6-9,18H,10,12H2,1-5H3;2*1H;/q;;;+2/p-2. The topological polar surface area (TPSA) is 0 Å². The van der Waals surface area contributed by atoms with Crippen LogP contribution in [0.5, 0.6) is 0 Å². The molecule has 0 amide bonds. The van der Waals surface area contributed by atoms with Crippen LogP contribution < -0.4 is 0 Å². The molecule has 0 aromatic rings. The Morgan fingerprint density at radius 2 is 1.88 bits per heavy atom. The fourth-order valence-corrected chi connectivity index (χ4v) is 13.0. The van der Waals surface area contributed by atoms with E-state index in [4.69, 9.17) is 28.8 Å². The van der Waals surface area contributed by atoms with Crippen LogP contribution in [0.4, 0.5) is 0 Å². The summed E-state index contributed by atoms with van der Waals surface area (Å²) in [6.07, 6.45) is 10.1. The molecule has 0 fully saturated rings. The van der Waals surface area contributed by atoms with Crippen LogP contribution in [0, 0.1) is 5.92 Å². The van der Waals surface area contributed by atoms with Crippen LogP contribution in [0.15, 0.2) is 66.6 Å². The van der Waals surface area contributed by atoms with Gasteiger partial charge in [0, 0.05) is 0 Å². The van der Waals surface area contributed by atoms with Crippen LogP contribution in [0.3, 0.4) is 0 Å². The van der Waals surface area contributed by atoms with Crippen LogP contribution in [0.2, 0.25) is 13.1 Å². The molecular formula is C21H24Cl3HfSi. The van der Waals surface area contributed by atoms with Crippen molar-refractivity contribution < 1.29 is 19.1 Å². The van der Waals surface area contributed by atoms with E-state index >= 15 is 0 Å². The summed E-state index contributed by atoms with van der Waals surface area (Å²) in [4.78, 5) is 0. The second-order valence-electron chi connectivity index (χ2n) is 7.46. The number of hydrogen-bond donors (Lipinski definition) is 0. The first kappa shape index (κ1) is 21.0. The number of fused-ring (bicyclic) bond motifs is 1. The Kier molecular flexibility index (Phi) is 6.72. The van der Waals surface area contributed by atoms with Crippen LogP contribution >= 0.6 is 28.8 Å². The SMILES string of the molecule is CC1=C(C)CC(C2=C3C(=CC=CC(=[Si](C)C)C3CCl)[C]([Hf]([Cl])[Cl])=C2C)=C1. The molecule has 0 heterocycles. The van der Waals surface area contributed by atoms with E-state index in [1.165, 1.54) is 47.5 Å². The molecule has 3 rings (SSSR count). The molecule has 137 valence electrons. The van der Waals surface area contributed by atoms with Crippen LogP contribution in [-0.2, 0) is 19.1 Å². The number of alkyl halides is 1. The molecule has 0 N–H and O–H groups in total. The van der Waals surface area contributed by atoms with Gasteiger partial charge in [-0.2, -0.15) is 0 Å². The zero-order chi connectivity index (χ0) is 19.2. The summed E-state index contributed by atoms with van der Waals surface area (Å²) in [5.41, 5.74) is 9.58. The van der Waals surface area contributed by atoms with Gasteiger partial charge in [0.2, 0.25) is 0 Å². The van der Waals surface area contributed by atoms with Crippen molar-refractivity contribution in [2.24, 2.45) is 5.92 Å². The average molecular weight is 589 g/mol. The van der Waals surface area contributed by atoms with Gasteiger partial charge in [0.25, 0.3) is 0 Å². The van der Waals surface area contributed by atoms with Gasteiger partial charge in [-0.1, -0.05) is 0 Å². The van der Waals surface area contributed by atoms with Crippen molar-refractivity contribution in [3.63, 3.8) is 0 Å². The van der Waals surface area contributed by atoms with E-state index in [1.54, 1.807) is 0 Å². The monoisotopic (exact) mass is 589 g/mol. The van der Waals surface area contributed by atoms with Crippen LogP contribution in [-0.4, -0.2) is 19.5 Å². The molecule has 1 unspecified atom stereocenters. The van der Waals surface area contributed by atoms with Crippen molar-refractivity contribution in [1.29, 1.82) is 0 Å². The van der Waals surface area contributed by atoms with Crippen molar-refractivity contribution >= 4 is 42.3 Å². The Balaban J connectivity index is 2.28. The number of hydrogen-bond acceptors (Lipinski definition) is 0. The van der Waals surface area contributed by atoms with Gasteiger partial charge in [-0.05, 0) is 0 Å². The predicted molar refractivity (Wildman–Crippen MR) is 116 cm³/mol. The van der Waals surface area contributed by atoms with E-state index in [9.17, 15) is 0 Å². The molecule has 3 aliphatic carbocycles. The molecule has 0 spiro atoms. The summed E-state index contributed by atoms with van der Waals surface area (Å²) >= 11 is 3.79. The molecule has 0 aromatic carbocycles. The van der Waals surface area contributed by atoms with Gasteiger partial charge < -0.3 is 0 Å². The summed E-state index contributed by atoms with van der Waals surface area (Å²) < 4.78 is 1.26. The first-order valence-electron chi connectivity index (χ1n) is 8.91. The summed E-state index contributed by atoms with van der Waals surface area (Å²) in [5.74, 6) is 0.865. The van der Waals surface area contributed by atoms with E-state index in [0.29, 0.717) is 5.88 Å². The first-order valence-corrected chi connectivity index (χ1v) is 22.6. The Bertz CT molecular complexity index is 875. The fourth-order valence-electron chi connectivity index (χ4n) is 4.21. The summed E-state index contributed by atoms with van der Waals surface area (Å²) in [7, 11) is 12.7. The van der Waals surface area contributed by atoms with Crippen molar-refractivity contribution in [2.45, 2.75) is 40.3 Å². The predicted octanol–water partition coefficient (Wildman–Crippen LogP) is 7.02. The van der Waals surface area contributed by atoms with E-state index in [0.717, 1.165) is 6.42 Å². The number of allylic oxidation sites excluding steroid dienone is 12. The molecule has 3 aliphatic rings. The van der Waals surface area contributed by atoms with Crippen molar-refractivity contribution in [1.82, 2.24) is 0 Å². The maximum atomic E-state index is 6.64. The van der Waals surface area contributed by atoms with Crippen molar-refractivity contribution in [3.05, 3.63) is 66.6 Å². The van der Waals surface area contributed by atoms with Crippen molar-refractivity contribution in [2.75, 3.05) is 5.88 Å². The van der Waals surface area contributed by atoms with Gasteiger partial charge >= 0.3 is 180 Å². The Morgan fingerprint density at radius 3 is 2.38 bits per heavy atom. The zero-order valence-corrected chi connectivity index (χ0v) is 22.8. The van der Waals surface area contributed by atoms with E-state index in [-0.39, 0.29) is 5.92 Å². The minimum absolute atomic E-state index is 0.258. The van der Waals surface area contributed by atoms with Gasteiger partial charge in [-0.25, -0.2) is 0 Å². The van der Waals surface area contributed by atoms with Gasteiger partial charge in [-0.15, -0.1) is 0 Å². The molecular weight excluding hydrogens is 565 g/mol. The van der Waals surface area contributed by atoms with Gasteiger partial charge in [0.1, 0.15) is 0 Å². The molecule has 0 bridgehead atoms. The Labute approximate surface area is 178 Å². The normalized spacial score (nSPS) is 22.8. The zero-order valence-electron chi connectivity index (χ0n) is 15.9. The molecule has 0 saturated heterocycles. The molecule has 5 heteroatoms. The quantitative estimate of drug-likeness (QED) is 0.245. The summed E-state index contributed by atoms with van der Waals surface area (Å²) in [6, 6.07) is 0. The van der Waals surface area contributed by atoms with Gasteiger partial charge in [0.15, 0.2) is 0 Å². The number of rotatable bonds is 3. The number of halogens is 3. The third-order valence-corrected chi connectivity index (χ3v) is 14.3. The molecule has 1 atom stereocenters. The molecule has 0 saturated carbocycles. The van der Waals surface area contributed by atoms with Crippen LogP contribution in [0.25, 0.3) is 0 Å². The summed E-state index contributed by atoms with van der Waals surface area (Å²) in [6.45, 7) is 11.3. The summed E-state index contributed by atoms with van der Waals surface area (Å²) in [5, 5.41) is 1.49. The molecule has 0 aliphatic heterocycles. The third-order valence-electron chi connectivity index (χ3n) is 5.60. The first-order chi connectivity index (χ1) is 12.3. The van der Waals surface area contributed by atoms with Gasteiger partial charge in [0.05, 0.1) is 0 Å². The molecule has 0 aromatic heterocycles. The Hall–Kier alpha value is 0.267. The second-order valence-corrected chi connectivity index (χ2v) is 21.8. The second kappa shape index (κ2) is 8.33. The molecule has 0 nitrogen and oxygen atoms in total. The van der Waals surface area contributed by atoms with Crippen molar-refractivity contribution in [3.8, 4) is 0 Å². The molecule has 26 heavy (non-hydrogen) atoms. The fraction of sp³-hybridized carbons (Fsp3) is 0.381. The van der Waals surface area contributed by atoms with E-state index in [1.807, 2.05) is 0 Å². The minimum atomic E-state index is -2.77. The maximum absolute atomic E-state index is 6.64. The average Bonchev–Trinajstić information content (AvgIpc) is 2.95. The van der Waals surface area contributed by atoms with E-state index < -0.39 is 27.5 Å².